The molecule has 2 aromatic carbocycles. The molecule has 0 radical (unpaired) electrons. The Morgan fingerprint density at radius 3 is 2.17 bits per heavy atom. The van der Waals surface area contributed by atoms with Gasteiger partial charge in [0.2, 0.25) is 5.91 Å². The molecule has 226 valence electrons. The van der Waals surface area contributed by atoms with Crippen molar-refractivity contribution in [1.29, 1.82) is 0 Å². The molecule has 0 aliphatic heterocycles. The lowest BCUT2D eigenvalue weighted by Crippen LogP contribution is -2.55. The molecule has 0 saturated carbocycles. The van der Waals surface area contributed by atoms with E-state index < -0.39 is 23.8 Å². The molecule has 0 fully saturated rings. The average Bonchev–Trinajstić information content (AvgIpc) is 2.86. The Labute approximate surface area is 251 Å². The number of hydrogen-bond acceptors (Lipinski definition) is 4. The summed E-state index contributed by atoms with van der Waals surface area (Å²) in [5.74, 6) is -0.884. The zero-order valence-electron chi connectivity index (χ0n) is 26.2. The van der Waals surface area contributed by atoms with E-state index in [2.05, 4.69) is 17.6 Å². The molecule has 0 spiro atoms. The van der Waals surface area contributed by atoms with E-state index in [1.54, 1.807) is 31.7 Å². The summed E-state index contributed by atoms with van der Waals surface area (Å²) >= 11 is 6.48. The molecule has 0 aromatic heterocycles. The molecule has 3 unspecified atom stereocenters. The maximum atomic E-state index is 14.5. The highest BCUT2D eigenvalue weighted by atomic mass is 35.5. The Morgan fingerprint density at radius 1 is 1.00 bits per heavy atom. The van der Waals surface area contributed by atoms with Crippen LogP contribution in [0, 0.1) is 26.7 Å². The second kappa shape index (κ2) is 15.2. The number of anilines is 1. The van der Waals surface area contributed by atoms with Crippen LogP contribution in [-0.2, 0) is 14.3 Å². The van der Waals surface area contributed by atoms with E-state index in [4.69, 9.17) is 16.3 Å². The van der Waals surface area contributed by atoms with Crippen LogP contribution in [0.2, 0.25) is 5.02 Å². The fourth-order valence-electron chi connectivity index (χ4n) is 4.82. The summed E-state index contributed by atoms with van der Waals surface area (Å²) in [7, 11) is 0. The van der Waals surface area contributed by atoms with Crippen molar-refractivity contribution in [1.82, 2.24) is 10.2 Å². The molecule has 2 rings (SSSR count). The van der Waals surface area contributed by atoms with Crippen LogP contribution in [0.4, 0.5) is 10.5 Å². The van der Waals surface area contributed by atoms with E-state index in [1.807, 2.05) is 65.0 Å². The number of aryl methyl sites for hydroxylation is 3. The first kappa shape index (κ1) is 34.1. The molecule has 3 amide bonds. The third-order valence-corrected chi connectivity index (χ3v) is 7.34. The number of para-hydroxylation sites is 1. The lowest BCUT2D eigenvalue weighted by molar-refractivity contribution is -0.142. The smallest absolute Gasteiger partial charge is 0.408 e. The fourth-order valence-corrected chi connectivity index (χ4v) is 5.09. The predicted octanol–water partition coefficient (Wildman–Crippen LogP) is 7.90. The second-order valence-corrected chi connectivity index (χ2v) is 12.4. The Balaban J connectivity index is 2.65. The summed E-state index contributed by atoms with van der Waals surface area (Å²) in [5, 5.41) is 6.27. The maximum absolute atomic E-state index is 14.5. The third-order valence-electron chi connectivity index (χ3n) is 7.03. The number of alkyl carbamates (subject to hydrolysis) is 1. The zero-order chi connectivity index (χ0) is 30.9. The van der Waals surface area contributed by atoms with Gasteiger partial charge >= 0.3 is 6.09 Å². The summed E-state index contributed by atoms with van der Waals surface area (Å²) < 4.78 is 5.51. The number of carbonyl (C=O) groups is 3. The predicted molar refractivity (Wildman–Crippen MR) is 167 cm³/mol. The number of nitrogens with zero attached hydrogens (tertiary/aromatic N) is 1. The van der Waals surface area contributed by atoms with Crippen molar-refractivity contribution < 1.29 is 19.1 Å². The van der Waals surface area contributed by atoms with E-state index in [-0.39, 0.29) is 17.7 Å². The van der Waals surface area contributed by atoms with Gasteiger partial charge in [0, 0.05) is 6.54 Å². The average molecular weight is 586 g/mol. The molecule has 0 saturated heterocycles. The lowest BCUT2D eigenvalue weighted by Gasteiger charge is -2.36. The molecule has 0 bridgehead atoms. The van der Waals surface area contributed by atoms with Gasteiger partial charge in [-0.25, -0.2) is 4.79 Å². The molecular weight excluding hydrogens is 538 g/mol. The molecule has 41 heavy (non-hydrogen) atoms. The summed E-state index contributed by atoms with van der Waals surface area (Å²) in [5.41, 5.74) is 3.28. The van der Waals surface area contributed by atoms with E-state index in [1.165, 1.54) is 0 Å². The quantitative estimate of drug-likeness (QED) is 0.248. The van der Waals surface area contributed by atoms with Crippen molar-refractivity contribution in [3.63, 3.8) is 0 Å². The topological polar surface area (TPSA) is 87.7 Å². The Hall–Kier alpha value is -3.06. The number of rotatable bonds is 12. The van der Waals surface area contributed by atoms with Gasteiger partial charge in [0.05, 0.1) is 10.7 Å². The van der Waals surface area contributed by atoms with Crippen LogP contribution < -0.4 is 10.6 Å². The van der Waals surface area contributed by atoms with Gasteiger partial charge < -0.3 is 20.3 Å². The van der Waals surface area contributed by atoms with Crippen LogP contribution in [0.15, 0.2) is 36.4 Å². The number of ether oxygens (including phenoxy) is 1. The van der Waals surface area contributed by atoms with Gasteiger partial charge in [0.15, 0.2) is 0 Å². The molecule has 2 N–H and O–H groups in total. The van der Waals surface area contributed by atoms with Gasteiger partial charge in [0.25, 0.3) is 5.91 Å². The van der Waals surface area contributed by atoms with Crippen molar-refractivity contribution in [2.45, 2.75) is 106 Å². The van der Waals surface area contributed by atoms with Crippen LogP contribution >= 0.6 is 11.6 Å². The summed E-state index contributed by atoms with van der Waals surface area (Å²) in [6, 6.07) is 9.53. The Morgan fingerprint density at radius 2 is 1.63 bits per heavy atom. The highest BCUT2D eigenvalue weighted by Crippen LogP contribution is 2.31. The van der Waals surface area contributed by atoms with Crippen molar-refractivity contribution in [3.05, 3.63) is 63.7 Å². The third kappa shape index (κ3) is 10.1. The van der Waals surface area contributed by atoms with Gasteiger partial charge in [-0.15, -0.1) is 0 Å². The Kier molecular flexibility index (Phi) is 12.7. The highest BCUT2D eigenvalue weighted by molar-refractivity contribution is 6.34. The van der Waals surface area contributed by atoms with Crippen LogP contribution in [-0.4, -0.2) is 41.0 Å². The minimum atomic E-state index is -0.944. The largest absolute Gasteiger partial charge is 0.444 e. The molecule has 8 heteroatoms. The van der Waals surface area contributed by atoms with E-state index >= 15 is 0 Å². The van der Waals surface area contributed by atoms with Crippen molar-refractivity contribution in [2.24, 2.45) is 5.92 Å². The van der Waals surface area contributed by atoms with Gasteiger partial charge in [-0.05, 0) is 71.1 Å². The summed E-state index contributed by atoms with van der Waals surface area (Å²) in [6.07, 6.45) is 2.54. The van der Waals surface area contributed by atoms with Crippen molar-refractivity contribution in [3.8, 4) is 0 Å². The van der Waals surface area contributed by atoms with Crippen molar-refractivity contribution >= 4 is 35.2 Å². The van der Waals surface area contributed by atoms with Crippen molar-refractivity contribution in [2.75, 3.05) is 11.9 Å². The second-order valence-electron chi connectivity index (χ2n) is 12.0. The molecule has 0 aliphatic rings. The molecule has 7 nitrogen and oxygen atoms in total. The van der Waals surface area contributed by atoms with Crippen LogP contribution in [0.5, 0.6) is 0 Å². The summed E-state index contributed by atoms with van der Waals surface area (Å²) in [6.45, 7) is 17.5. The number of benzene rings is 2. The van der Waals surface area contributed by atoms with Gasteiger partial charge in [0.1, 0.15) is 17.7 Å². The SMILES string of the molecule is CCCCCN(C(=O)C(NC(=O)OC(C)(C)C)C(C)CC)C(C(=O)Nc1c(C)cccc1Cl)c1cc(C)cc(C)c1. The maximum Gasteiger partial charge on any atom is 0.408 e. The van der Waals surface area contributed by atoms with Gasteiger partial charge in [-0.1, -0.05) is 93.1 Å². The van der Waals surface area contributed by atoms with Crippen LogP contribution in [0.25, 0.3) is 0 Å². The number of hydrogen-bond donors (Lipinski definition) is 2. The van der Waals surface area contributed by atoms with E-state index in [0.717, 1.165) is 29.5 Å². The van der Waals surface area contributed by atoms with Gasteiger partial charge in [-0.3, -0.25) is 9.59 Å². The first-order valence-corrected chi connectivity index (χ1v) is 15.0. The molecule has 3 atom stereocenters. The number of unbranched alkanes of at least 4 members (excludes halogenated alkanes) is 2. The van der Waals surface area contributed by atoms with Gasteiger partial charge in [-0.2, -0.15) is 0 Å². The molecular formula is C33H48ClN3O4. The lowest BCUT2D eigenvalue weighted by atomic mass is 9.94. The number of amides is 3. The molecule has 0 heterocycles. The molecule has 2 aromatic rings. The monoisotopic (exact) mass is 585 g/mol. The van der Waals surface area contributed by atoms with Crippen LogP contribution in [0.1, 0.15) is 95.5 Å². The normalized spacial score (nSPS) is 13.6. The minimum Gasteiger partial charge on any atom is -0.444 e. The number of nitrogens with one attached hydrogen (secondary N) is 2. The van der Waals surface area contributed by atoms with E-state index in [9.17, 15) is 14.4 Å². The number of carbonyl (C=O) groups excluding carboxylic acids is 3. The Bertz CT molecular complexity index is 1170. The first-order valence-electron chi connectivity index (χ1n) is 14.6. The first-order chi connectivity index (χ1) is 19.2. The summed E-state index contributed by atoms with van der Waals surface area (Å²) in [4.78, 5) is 43.2. The highest BCUT2D eigenvalue weighted by Gasteiger charge is 2.38. The number of halogens is 1. The molecule has 0 aliphatic carbocycles. The zero-order valence-corrected chi connectivity index (χ0v) is 26.9. The standard InChI is InChI=1S/C33H48ClN3O4/c1-10-12-13-17-37(31(39)28(23(5)11-2)36-32(40)41-33(7,8)9)29(25-19-21(3)18-22(4)20-25)30(38)35-27-24(6)15-14-16-26(27)34/h14-16,18-20,23,28-29H,10-13,17H2,1-9H3,(H,35,38)(H,36,40). The minimum absolute atomic E-state index is 0.197. The van der Waals surface area contributed by atoms with Crippen LogP contribution in [0.3, 0.4) is 0 Å². The van der Waals surface area contributed by atoms with E-state index in [0.29, 0.717) is 35.7 Å². The fraction of sp³-hybridized carbons (Fsp3) is 0.545.